The third-order valence-corrected chi connectivity index (χ3v) is 2.99. The number of methoxy groups -OCH3 is 2. The molecule has 0 unspecified atom stereocenters. The first-order chi connectivity index (χ1) is 9.76. The SMILES string of the molecule is COc1ccc(/C=C(\C=O)c2ccc(OC)cc2)cc1. The number of hydrogen-bond donors (Lipinski definition) is 0. The highest BCUT2D eigenvalue weighted by molar-refractivity contribution is 6.13. The van der Waals surface area contributed by atoms with Crippen LogP contribution in [0.5, 0.6) is 11.5 Å². The van der Waals surface area contributed by atoms with E-state index in [1.54, 1.807) is 14.2 Å². The fourth-order valence-electron chi connectivity index (χ4n) is 1.85. The lowest BCUT2D eigenvalue weighted by Crippen LogP contribution is -1.88. The number of aldehydes is 1. The minimum atomic E-state index is 0.623. The second kappa shape index (κ2) is 6.57. The Labute approximate surface area is 118 Å². The van der Waals surface area contributed by atoms with Gasteiger partial charge >= 0.3 is 0 Å². The van der Waals surface area contributed by atoms with Crippen molar-refractivity contribution in [2.75, 3.05) is 14.2 Å². The molecule has 0 spiro atoms. The number of benzene rings is 2. The van der Waals surface area contributed by atoms with Crippen LogP contribution in [0, 0.1) is 0 Å². The van der Waals surface area contributed by atoms with E-state index in [0.29, 0.717) is 5.57 Å². The molecular formula is C17H16O3. The second-order valence-corrected chi connectivity index (χ2v) is 4.22. The lowest BCUT2D eigenvalue weighted by atomic mass is 10.0. The third-order valence-electron chi connectivity index (χ3n) is 2.99. The number of carbonyl (C=O) groups excluding carboxylic acids is 1. The molecule has 0 radical (unpaired) electrons. The van der Waals surface area contributed by atoms with Crippen molar-refractivity contribution in [2.45, 2.75) is 0 Å². The monoisotopic (exact) mass is 268 g/mol. The molecule has 0 N–H and O–H groups in total. The van der Waals surface area contributed by atoms with Gasteiger partial charge in [0.2, 0.25) is 0 Å². The van der Waals surface area contributed by atoms with Gasteiger partial charge in [0, 0.05) is 5.57 Å². The molecule has 0 aliphatic heterocycles. The lowest BCUT2D eigenvalue weighted by molar-refractivity contribution is -0.103. The van der Waals surface area contributed by atoms with Crippen LogP contribution in [0.4, 0.5) is 0 Å². The molecule has 2 aromatic carbocycles. The molecule has 0 aliphatic carbocycles. The quantitative estimate of drug-likeness (QED) is 0.473. The summed E-state index contributed by atoms with van der Waals surface area (Å²) in [7, 11) is 3.24. The van der Waals surface area contributed by atoms with E-state index in [2.05, 4.69) is 0 Å². The van der Waals surface area contributed by atoms with E-state index >= 15 is 0 Å². The zero-order valence-electron chi connectivity index (χ0n) is 11.5. The highest BCUT2D eigenvalue weighted by Crippen LogP contribution is 2.21. The van der Waals surface area contributed by atoms with Gasteiger partial charge in [-0.05, 0) is 41.5 Å². The van der Waals surface area contributed by atoms with E-state index in [9.17, 15) is 4.79 Å². The predicted molar refractivity (Wildman–Crippen MR) is 79.9 cm³/mol. The zero-order chi connectivity index (χ0) is 14.4. The molecule has 0 fully saturated rings. The minimum absolute atomic E-state index is 0.623. The summed E-state index contributed by atoms with van der Waals surface area (Å²) in [6.45, 7) is 0. The maximum Gasteiger partial charge on any atom is 0.150 e. The van der Waals surface area contributed by atoms with Gasteiger partial charge in [0.15, 0.2) is 6.29 Å². The Morgan fingerprint density at radius 1 is 0.850 bits per heavy atom. The van der Waals surface area contributed by atoms with Crippen LogP contribution in [0.1, 0.15) is 11.1 Å². The van der Waals surface area contributed by atoms with Crippen molar-refractivity contribution in [3.8, 4) is 11.5 Å². The standard InChI is InChI=1S/C17H16O3/c1-19-16-7-3-13(4-8-16)11-15(12-18)14-5-9-17(20-2)10-6-14/h3-12H,1-2H3/b15-11+. The van der Waals surface area contributed by atoms with Gasteiger partial charge < -0.3 is 9.47 Å². The van der Waals surface area contributed by atoms with E-state index in [-0.39, 0.29) is 0 Å². The Hall–Kier alpha value is -2.55. The molecule has 0 saturated carbocycles. The maximum absolute atomic E-state index is 11.3. The highest BCUT2D eigenvalue weighted by Gasteiger charge is 2.01. The van der Waals surface area contributed by atoms with E-state index in [1.165, 1.54) is 0 Å². The molecule has 0 heterocycles. The third kappa shape index (κ3) is 3.26. The van der Waals surface area contributed by atoms with Crippen molar-refractivity contribution in [1.29, 1.82) is 0 Å². The van der Waals surface area contributed by atoms with Crippen LogP contribution in [-0.2, 0) is 4.79 Å². The molecule has 0 aliphatic rings. The Balaban J connectivity index is 2.29. The second-order valence-electron chi connectivity index (χ2n) is 4.22. The van der Waals surface area contributed by atoms with Gasteiger partial charge in [0.25, 0.3) is 0 Å². The summed E-state index contributed by atoms with van der Waals surface area (Å²) in [4.78, 5) is 11.3. The van der Waals surface area contributed by atoms with Crippen LogP contribution in [0.2, 0.25) is 0 Å². The van der Waals surface area contributed by atoms with Gasteiger partial charge in [-0.3, -0.25) is 4.79 Å². The normalized spacial score (nSPS) is 11.0. The van der Waals surface area contributed by atoms with Crippen LogP contribution in [0.15, 0.2) is 48.5 Å². The molecule has 0 aromatic heterocycles. The summed E-state index contributed by atoms with van der Waals surface area (Å²) in [6, 6.07) is 14.9. The van der Waals surface area contributed by atoms with Crippen molar-refractivity contribution in [1.82, 2.24) is 0 Å². The van der Waals surface area contributed by atoms with Crippen LogP contribution in [-0.4, -0.2) is 20.5 Å². The van der Waals surface area contributed by atoms with E-state index in [1.807, 2.05) is 54.6 Å². The van der Waals surface area contributed by atoms with Crippen LogP contribution in [0.25, 0.3) is 11.6 Å². The van der Waals surface area contributed by atoms with E-state index < -0.39 is 0 Å². The Morgan fingerprint density at radius 2 is 1.35 bits per heavy atom. The fraction of sp³-hybridized carbons (Fsp3) is 0.118. The number of hydrogen-bond acceptors (Lipinski definition) is 3. The topological polar surface area (TPSA) is 35.5 Å². The molecule has 2 aromatic rings. The molecule has 0 amide bonds. The summed E-state index contributed by atoms with van der Waals surface area (Å²) in [5.74, 6) is 1.56. The van der Waals surface area contributed by atoms with Gasteiger partial charge in [0.05, 0.1) is 14.2 Å². The number of ether oxygens (including phenoxy) is 2. The van der Waals surface area contributed by atoms with Gasteiger partial charge in [-0.15, -0.1) is 0 Å². The van der Waals surface area contributed by atoms with Gasteiger partial charge in [0.1, 0.15) is 11.5 Å². The van der Waals surface area contributed by atoms with Crippen molar-refractivity contribution >= 4 is 17.9 Å². The van der Waals surface area contributed by atoms with Gasteiger partial charge in [-0.1, -0.05) is 24.3 Å². The smallest absolute Gasteiger partial charge is 0.150 e. The number of rotatable bonds is 5. The lowest BCUT2D eigenvalue weighted by Gasteiger charge is -2.04. The molecule has 0 bridgehead atoms. The zero-order valence-corrected chi connectivity index (χ0v) is 11.5. The highest BCUT2D eigenvalue weighted by atomic mass is 16.5. The Kier molecular flexibility index (Phi) is 4.56. The van der Waals surface area contributed by atoms with Crippen molar-refractivity contribution in [3.05, 3.63) is 59.7 Å². The van der Waals surface area contributed by atoms with Crippen molar-refractivity contribution < 1.29 is 14.3 Å². The molecule has 0 atom stereocenters. The average molecular weight is 268 g/mol. The Morgan fingerprint density at radius 3 is 1.80 bits per heavy atom. The maximum atomic E-state index is 11.3. The predicted octanol–water partition coefficient (Wildman–Crippen LogP) is 3.44. The summed E-state index contributed by atoms with van der Waals surface area (Å²) in [5.41, 5.74) is 2.43. The summed E-state index contributed by atoms with van der Waals surface area (Å²) in [5, 5.41) is 0. The molecule has 3 heteroatoms. The van der Waals surface area contributed by atoms with Crippen molar-refractivity contribution in [3.63, 3.8) is 0 Å². The fourth-order valence-corrected chi connectivity index (χ4v) is 1.85. The first kappa shape index (κ1) is 13.9. The van der Waals surface area contributed by atoms with Gasteiger partial charge in [-0.2, -0.15) is 0 Å². The summed E-state index contributed by atoms with van der Waals surface area (Å²) in [6.07, 6.45) is 2.69. The van der Waals surface area contributed by atoms with Gasteiger partial charge in [-0.25, -0.2) is 0 Å². The molecule has 102 valence electrons. The molecule has 0 saturated heterocycles. The van der Waals surface area contributed by atoms with Crippen LogP contribution in [0.3, 0.4) is 0 Å². The largest absolute Gasteiger partial charge is 0.497 e. The minimum Gasteiger partial charge on any atom is -0.497 e. The molecule has 2 rings (SSSR count). The number of carbonyl (C=O) groups is 1. The van der Waals surface area contributed by atoms with Crippen LogP contribution >= 0.6 is 0 Å². The van der Waals surface area contributed by atoms with Crippen molar-refractivity contribution in [2.24, 2.45) is 0 Å². The van der Waals surface area contributed by atoms with Crippen LogP contribution < -0.4 is 9.47 Å². The molecule has 20 heavy (non-hydrogen) atoms. The van der Waals surface area contributed by atoms with E-state index in [0.717, 1.165) is 28.9 Å². The average Bonchev–Trinajstić information content (AvgIpc) is 2.53. The number of allylic oxidation sites excluding steroid dienone is 1. The summed E-state index contributed by atoms with van der Waals surface area (Å²) >= 11 is 0. The molecule has 3 nitrogen and oxygen atoms in total. The summed E-state index contributed by atoms with van der Waals surface area (Å²) < 4.78 is 10.2. The first-order valence-corrected chi connectivity index (χ1v) is 6.22. The van der Waals surface area contributed by atoms with E-state index in [4.69, 9.17) is 9.47 Å². The molecular weight excluding hydrogens is 252 g/mol. The first-order valence-electron chi connectivity index (χ1n) is 6.22. The Bertz CT molecular complexity index is 595.